The third-order valence-electron chi connectivity index (χ3n) is 4.69. The van der Waals surface area contributed by atoms with E-state index in [2.05, 4.69) is 21.9 Å². The Kier molecular flexibility index (Phi) is 5.31. The van der Waals surface area contributed by atoms with Gasteiger partial charge >= 0.3 is 0 Å². The molecule has 0 atom stereocenters. The predicted molar refractivity (Wildman–Crippen MR) is 118 cm³/mol. The molecule has 0 aliphatic carbocycles. The van der Waals surface area contributed by atoms with E-state index in [4.69, 9.17) is 4.42 Å². The predicted octanol–water partition coefficient (Wildman–Crippen LogP) is 4.81. The molecule has 9 heteroatoms. The first-order chi connectivity index (χ1) is 14.4. The number of sulfonamides is 1. The van der Waals surface area contributed by atoms with Gasteiger partial charge in [-0.15, -0.1) is 11.3 Å². The fourth-order valence-corrected chi connectivity index (χ4v) is 4.85. The second kappa shape index (κ2) is 7.92. The van der Waals surface area contributed by atoms with Gasteiger partial charge in [-0.1, -0.05) is 13.0 Å². The quantitative estimate of drug-likeness (QED) is 0.447. The highest BCUT2D eigenvalue weighted by Crippen LogP contribution is 2.27. The van der Waals surface area contributed by atoms with Gasteiger partial charge in [0.15, 0.2) is 10.9 Å². The highest BCUT2D eigenvalue weighted by Gasteiger charge is 2.19. The molecular weight excluding hydrogens is 422 g/mol. The van der Waals surface area contributed by atoms with E-state index in [1.165, 1.54) is 47.4 Å². The van der Waals surface area contributed by atoms with E-state index in [1.807, 2.05) is 25.1 Å². The van der Waals surface area contributed by atoms with Crippen LogP contribution < -0.4 is 10.0 Å². The molecule has 0 saturated carbocycles. The third-order valence-corrected chi connectivity index (χ3v) is 6.86. The van der Waals surface area contributed by atoms with Crippen molar-refractivity contribution in [3.63, 3.8) is 0 Å². The van der Waals surface area contributed by atoms with Crippen LogP contribution in [-0.2, 0) is 16.4 Å². The molecule has 2 heterocycles. The Morgan fingerprint density at radius 3 is 2.60 bits per heavy atom. The van der Waals surface area contributed by atoms with Gasteiger partial charge in [0.25, 0.3) is 15.9 Å². The van der Waals surface area contributed by atoms with Gasteiger partial charge in [-0.05, 0) is 55.3 Å². The molecule has 0 bridgehead atoms. The lowest BCUT2D eigenvalue weighted by Crippen LogP contribution is -2.14. The van der Waals surface area contributed by atoms with Gasteiger partial charge in [-0.2, -0.15) is 0 Å². The Bertz CT molecular complexity index is 1310. The summed E-state index contributed by atoms with van der Waals surface area (Å²) in [4.78, 5) is 16.7. The Hall–Kier alpha value is -3.17. The standard InChI is InChI=1S/C21H19N3O4S2/c1-3-14-4-9-18-17(12-14)13(2)19(28-18)20(25)23-15-5-7-16(8-6-15)30(26,27)24-21-22-10-11-29-21/h4-12H,3H2,1-2H3,(H,22,24)(H,23,25). The smallest absolute Gasteiger partial charge is 0.291 e. The van der Waals surface area contributed by atoms with Crippen LogP contribution in [0.1, 0.15) is 28.6 Å². The molecule has 1 amide bonds. The maximum absolute atomic E-state index is 12.7. The number of carbonyl (C=O) groups excluding carboxylic acids is 1. The summed E-state index contributed by atoms with van der Waals surface area (Å²) < 4.78 is 33.0. The Labute approximate surface area is 177 Å². The average Bonchev–Trinajstić information content (AvgIpc) is 3.35. The molecule has 154 valence electrons. The number of nitrogens with zero attached hydrogens (tertiary/aromatic N) is 1. The van der Waals surface area contributed by atoms with Crippen molar-refractivity contribution < 1.29 is 17.6 Å². The van der Waals surface area contributed by atoms with Crippen molar-refractivity contribution in [2.45, 2.75) is 25.2 Å². The number of rotatable bonds is 6. The second-order valence-electron chi connectivity index (χ2n) is 6.66. The normalized spacial score (nSPS) is 11.5. The SMILES string of the molecule is CCc1ccc2oc(C(=O)Nc3ccc(S(=O)(=O)Nc4nccs4)cc3)c(C)c2c1. The molecule has 0 unspecified atom stereocenters. The largest absolute Gasteiger partial charge is 0.451 e. The monoisotopic (exact) mass is 441 g/mol. The third kappa shape index (κ3) is 3.94. The summed E-state index contributed by atoms with van der Waals surface area (Å²) in [6.07, 6.45) is 2.42. The minimum Gasteiger partial charge on any atom is -0.451 e. The second-order valence-corrected chi connectivity index (χ2v) is 9.24. The summed E-state index contributed by atoms with van der Waals surface area (Å²) in [5.74, 6) is -0.154. The van der Waals surface area contributed by atoms with Crippen molar-refractivity contribution in [2.75, 3.05) is 10.0 Å². The number of benzene rings is 2. The van der Waals surface area contributed by atoms with Gasteiger partial charge in [-0.25, -0.2) is 13.4 Å². The summed E-state index contributed by atoms with van der Waals surface area (Å²) >= 11 is 1.19. The number of aryl methyl sites for hydroxylation is 2. The summed E-state index contributed by atoms with van der Waals surface area (Å²) in [5, 5.41) is 5.64. The van der Waals surface area contributed by atoms with Gasteiger partial charge < -0.3 is 9.73 Å². The number of amides is 1. The lowest BCUT2D eigenvalue weighted by molar-refractivity contribution is 0.0998. The van der Waals surface area contributed by atoms with Crippen LogP contribution in [0.3, 0.4) is 0 Å². The van der Waals surface area contributed by atoms with Crippen LogP contribution in [0.4, 0.5) is 10.8 Å². The zero-order valence-electron chi connectivity index (χ0n) is 16.3. The molecule has 0 spiro atoms. The molecule has 4 rings (SSSR count). The van der Waals surface area contributed by atoms with Crippen molar-refractivity contribution in [1.82, 2.24) is 4.98 Å². The molecule has 4 aromatic rings. The number of furan rings is 1. The van der Waals surface area contributed by atoms with Crippen LogP contribution in [-0.4, -0.2) is 19.3 Å². The molecule has 2 aromatic heterocycles. The van der Waals surface area contributed by atoms with Gasteiger partial charge in [0.2, 0.25) is 0 Å². The topological polar surface area (TPSA) is 101 Å². The minimum atomic E-state index is -3.74. The fourth-order valence-electron chi connectivity index (χ4n) is 3.06. The molecular formula is C21H19N3O4S2. The summed E-state index contributed by atoms with van der Waals surface area (Å²) in [6, 6.07) is 11.8. The van der Waals surface area contributed by atoms with Crippen LogP contribution >= 0.6 is 11.3 Å². The first-order valence-electron chi connectivity index (χ1n) is 9.23. The first-order valence-corrected chi connectivity index (χ1v) is 11.6. The molecule has 0 aliphatic heterocycles. The molecule has 0 fully saturated rings. The van der Waals surface area contributed by atoms with Crippen LogP contribution in [0.5, 0.6) is 0 Å². The van der Waals surface area contributed by atoms with E-state index in [9.17, 15) is 13.2 Å². The van der Waals surface area contributed by atoms with Crippen molar-refractivity contribution in [3.05, 3.63) is 70.9 Å². The van der Waals surface area contributed by atoms with Gasteiger partial charge in [0.1, 0.15) is 5.58 Å². The zero-order valence-corrected chi connectivity index (χ0v) is 17.9. The number of hydrogen-bond acceptors (Lipinski definition) is 6. The number of fused-ring (bicyclic) bond motifs is 1. The molecule has 30 heavy (non-hydrogen) atoms. The van der Waals surface area contributed by atoms with Crippen molar-refractivity contribution in [2.24, 2.45) is 0 Å². The van der Waals surface area contributed by atoms with E-state index in [-0.39, 0.29) is 10.7 Å². The molecule has 2 aromatic carbocycles. The fraction of sp³-hybridized carbons (Fsp3) is 0.143. The van der Waals surface area contributed by atoms with E-state index in [0.717, 1.165) is 17.4 Å². The minimum absolute atomic E-state index is 0.0720. The molecule has 0 radical (unpaired) electrons. The highest BCUT2D eigenvalue weighted by atomic mass is 32.2. The average molecular weight is 442 g/mol. The Morgan fingerprint density at radius 2 is 1.93 bits per heavy atom. The number of hydrogen-bond donors (Lipinski definition) is 2. The zero-order chi connectivity index (χ0) is 21.3. The van der Waals surface area contributed by atoms with Gasteiger partial charge in [0, 0.05) is 28.2 Å². The van der Waals surface area contributed by atoms with Crippen LogP contribution in [0, 0.1) is 6.92 Å². The molecule has 7 nitrogen and oxygen atoms in total. The maximum Gasteiger partial charge on any atom is 0.291 e. The van der Waals surface area contributed by atoms with Crippen molar-refractivity contribution in [1.29, 1.82) is 0 Å². The van der Waals surface area contributed by atoms with Gasteiger partial charge in [-0.3, -0.25) is 9.52 Å². The van der Waals surface area contributed by atoms with E-state index in [0.29, 0.717) is 16.4 Å². The summed E-state index contributed by atoms with van der Waals surface area (Å²) in [6.45, 7) is 3.92. The van der Waals surface area contributed by atoms with E-state index < -0.39 is 15.9 Å². The van der Waals surface area contributed by atoms with E-state index >= 15 is 0 Å². The molecule has 0 saturated heterocycles. The number of aromatic nitrogens is 1. The number of nitrogens with one attached hydrogen (secondary N) is 2. The van der Waals surface area contributed by atoms with Crippen LogP contribution in [0.2, 0.25) is 0 Å². The Morgan fingerprint density at radius 1 is 1.17 bits per heavy atom. The van der Waals surface area contributed by atoms with Gasteiger partial charge in [0.05, 0.1) is 4.90 Å². The highest BCUT2D eigenvalue weighted by molar-refractivity contribution is 7.93. The van der Waals surface area contributed by atoms with Crippen molar-refractivity contribution >= 4 is 49.1 Å². The summed E-state index contributed by atoms with van der Waals surface area (Å²) in [7, 11) is -3.74. The maximum atomic E-state index is 12.7. The van der Waals surface area contributed by atoms with Crippen molar-refractivity contribution in [3.8, 4) is 0 Å². The van der Waals surface area contributed by atoms with Crippen LogP contribution in [0.15, 0.2) is 63.4 Å². The lowest BCUT2D eigenvalue weighted by Gasteiger charge is -2.07. The van der Waals surface area contributed by atoms with E-state index in [1.54, 1.807) is 5.38 Å². The molecule has 2 N–H and O–H groups in total. The number of thiazole rings is 1. The first kappa shape index (κ1) is 20.1. The number of anilines is 2. The lowest BCUT2D eigenvalue weighted by atomic mass is 10.1. The van der Waals surface area contributed by atoms with Crippen LogP contribution in [0.25, 0.3) is 11.0 Å². The Balaban J connectivity index is 1.53. The summed E-state index contributed by atoms with van der Waals surface area (Å²) in [5.41, 5.74) is 3.05. The molecule has 0 aliphatic rings. The number of carbonyl (C=O) groups is 1.